The Bertz CT molecular complexity index is 384. The average Bonchev–Trinajstić information content (AvgIpc) is 2.35. The smallest absolute Gasteiger partial charge is 0.161 e. The Kier molecular flexibility index (Phi) is 4.49. The highest BCUT2D eigenvalue weighted by Gasteiger charge is 2.11. The molecule has 0 bridgehead atoms. The topological polar surface area (TPSA) is 24.4 Å². The number of nitrogens with one attached hydrogen (secondary N) is 1. The molecule has 1 aromatic rings. The fourth-order valence-corrected chi connectivity index (χ4v) is 2.70. The van der Waals surface area contributed by atoms with E-state index in [1.807, 2.05) is 11.8 Å². The fraction of sp³-hybridized carbons (Fsp3) is 0.500. The minimum atomic E-state index is 0.706. The predicted octanol–water partition coefficient (Wildman–Crippen LogP) is 3.79. The monoisotopic (exact) mass is 248 g/mol. The van der Waals surface area contributed by atoms with Crippen LogP contribution >= 0.6 is 11.8 Å². The first-order valence-electron chi connectivity index (χ1n) is 6.31. The van der Waals surface area contributed by atoms with Gasteiger partial charge in [-0.25, -0.2) is 0 Å². The number of rotatable bonds is 3. The third kappa shape index (κ3) is 3.77. The van der Waals surface area contributed by atoms with Crippen LogP contribution in [0.2, 0.25) is 0 Å². The van der Waals surface area contributed by atoms with Gasteiger partial charge < -0.3 is 5.32 Å². The molecule has 1 heterocycles. The summed E-state index contributed by atoms with van der Waals surface area (Å²) < 4.78 is 0. The van der Waals surface area contributed by atoms with Gasteiger partial charge in [0.1, 0.15) is 0 Å². The van der Waals surface area contributed by atoms with E-state index in [0.29, 0.717) is 5.92 Å². The maximum atomic E-state index is 4.53. The van der Waals surface area contributed by atoms with Crippen molar-refractivity contribution in [1.82, 2.24) is 0 Å². The second-order valence-corrected chi connectivity index (χ2v) is 5.64. The van der Waals surface area contributed by atoms with E-state index in [2.05, 4.69) is 48.4 Å². The molecule has 1 aliphatic heterocycles. The Morgan fingerprint density at radius 1 is 1.35 bits per heavy atom. The molecule has 0 aliphatic carbocycles. The standard InChI is InChI=1S/C14H20N2S/c1-3-4-12-5-7-13(8-6-12)16-14-15-9-11(2)10-17-14/h5-8,11H,3-4,9-10H2,1-2H3,(H,15,16). The zero-order valence-corrected chi connectivity index (χ0v) is 11.4. The summed E-state index contributed by atoms with van der Waals surface area (Å²) in [4.78, 5) is 4.53. The third-order valence-electron chi connectivity index (χ3n) is 2.80. The van der Waals surface area contributed by atoms with E-state index in [-0.39, 0.29) is 0 Å². The molecule has 0 radical (unpaired) electrons. The molecule has 1 atom stereocenters. The largest absolute Gasteiger partial charge is 0.335 e. The molecule has 0 saturated heterocycles. The molecule has 1 N–H and O–H groups in total. The fourth-order valence-electron chi connectivity index (χ4n) is 1.80. The van der Waals surface area contributed by atoms with Crippen molar-refractivity contribution in [2.45, 2.75) is 26.7 Å². The Hall–Kier alpha value is -0.960. The lowest BCUT2D eigenvalue weighted by molar-refractivity contribution is 0.674. The van der Waals surface area contributed by atoms with Crippen LogP contribution in [0.4, 0.5) is 5.69 Å². The van der Waals surface area contributed by atoms with Crippen LogP contribution in [0.3, 0.4) is 0 Å². The number of anilines is 1. The highest BCUT2D eigenvalue weighted by molar-refractivity contribution is 8.14. The van der Waals surface area contributed by atoms with E-state index in [1.54, 1.807) is 0 Å². The number of thioether (sulfide) groups is 1. The van der Waals surface area contributed by atoms with Gasteiger partial charge in [0, 0.05) is 18.0 Å². The van der Waals surface area contributed by atoms with Crippen molar-refractivity contribution in [3.05, 3.63) is 29.8 Å². The van der Waals surface area contributed by atoms with Gasteiger partial charge in [-0.15, -0.1) is 0 Å². The van der Waals surface area contributed by atoms with Crippen LogP contribution < -0.4 is 5.32 Å². The minimum Gasteiger partial charge on any atom is -0.335 e. The van der Waals surface area contributed by atoms with Gasteiger partial charge in [-0.3, -0.25) is 4.99 Å². The first-order chi connectivity index (χ1) is 8.28. The number of nitrogens with zero attached hydrogens (tertiary/aromatic N) is 1. The van der Waals surface area contributed by atoms with E-state index >= 15 is 0 Å². The van der Waals surface area contributed by atoms with Gasteiger partial charge in [0.15, 0.2) is 5.17 Å². The number of hydrogen-bond acceptors (Lipinski definition) is 3. The lowest BCUT2D eigenvalue weighted by Crippen LogP contribution is -2.18. The van der Waals surface area contributed by atoms with Crippen molar-refractivity contribution in [1.29, 1.82) is 0 Å². The van der Waals surface area contributed by atoms with Gasteiger partial charge in [0.05, 0.1) is 0 Å². The Morgan fingerprint density at radius 3 is 2.71 bits per heavy atom. The van der Waals surface area contributed by atoms with Crippen molar-refractivity contribution in [3.8, 4) is 0 Å². The molecule has 0 spiro atoms. The van der Waals surface area contributed by atoms with E-state index in [1.165, 1.54) is 17.7 Å². The van der Waals surface area contributed by atoms with Crippen LogP contribution in [-0.2, 0) is 6.42 Å². The normalized spacial score (nSPS) is 19.9. The summed E-state index contributed by atoms with van der Waals surface area (Å²) in [5, 5.41) is 4.45. The molecule has 3 heteroatoms. The lowest BCUT2D eigenvalue weighted by atomic mass is 10.1. The second kappa shape index (κ2) is 6.10. The molecule has 1 unspecified atom stereocenters. The number of aryl methyl sites for hydroxylation is 1. The van der Waals surface area contributed by atoms with Gasteiger partial charge in [0.2, 0.25) is 0 Å². The van der Waals surface area contributed by atoms with Crippen LogP contribution in [0.1, 0.15) is 25.8 Å². The maximum Gasteiger partial charge on any atom is 0.161 e. The van der Waals surface area contributed by atoms with E-state index in [0.717, 1.165) is 23.8 Å². The molecular weight excluding hydrogens is 228 g/mol. The van der Waals surface area contributed by atoms with Crippen molar-refractivity contribution < 1.29 is 0 Å². The zero-order valence-electron chi connectivity index (χ0n) is 10.6. The minimum absolute atomic E-state index is 0.706. The van der Waals surface area contributed by atoms with Gasteiger partial charge in [-0.1, -0.05) is 44.2 Å². The molecular formula is C14H20N2S. The molecule has 92 valence electrons. The summed E-state index contributed by atoms with van der Waals surface area (Å²) in [7, 11) is 0. The summed E-state index contributed by atoms with van der Waals surface area (Å²) in [6.45, 7) is 5.40. The molecule has 1 aromatic carbocycles. The Labute approximate surface area is 108 Å². The molecule has 0 aromatic heterocycles. The summed E-state index contributed by atoms with van der Waals surface area (Å²) in [6, 6.07) is 8.68. The lowest BCUT2D eigenvalue weighted by Gasteiger charge is -2.17. The number of hydrogen-bond donors (Lipinski definition) is 1. The van der Waals surface area contributed by atoms with Crippen LogP contribution in [0.15, 0.2) is 29.3 Å². The highest BCUT2D eigenvalue weighted by Crippen LogP contribution is 2.19. The molecule has 0 fully saturated rings. The maximum absolute atomic E-state index is 4.53. The highest BCUT2D eigenvalue weighted by atomic mass is 32.2. The Balaban J connectivity index is 1.94. The van der Waals surface area contributed by atoms with E-state index < -0.39 is 0 Å². The van der Waals surface area contributed by atoms with Crippen molar-refractivity contribution in [2.24, 2.45) is 10.9 Å². The zero-order chi connectivity index (χ0) is 12.1. The van der Waals surface area contributed by atoms with Crippen molar-refractivity contribution in [2.75, 3.05) is 17.6 Å². The number of benzene rings is 1. The van der Waals surface area contributed by atoms with E-state index in [9.17, 15) is 0 Å². The molecule has 17 heavy (non-hydrogen) atoms. The van der Waals surface area contributed by atoms with Crippen LogP contribution in [-0.4, -0.2) is 17.5 Å². The quantitative estimate of drug-likeness (QED) is 0.880. The molecule has 0 saturated carbocycles. The number of amidine groups is 1. The first-order valence-corrected chi connectivity index (χ1v) is 7.29. The predicted molar refractivity (Wildman–Crippen MR) is 78.0 cm³/mol. The molecule has 2 rings (SSSR count). The van der Waals surface area contributed by atoms with Gasteiger partial charge in [-0.05, 0) is 30.0 Å². The van der Waals surface area contributed by atoms with E-state index in [4.69, 9.17) is 0 Å². The van der Waals surface area contributed by atoms with Gasteiger partial charge >= 0.3 is 0 Å². The van der Waals surface area contributed by atoms with Gasteiger partial charge in [-0.2, -0.15) is 0 Å². The second-order valence-electron chi connectivity index (χ2n) is 4.63. The van der Waals surface area contributed by atoms with Gasteiger partial charge in [0.25, 0.3) is 0 Å². The first kappa shape index (κ1) is 12.5. The molecule has 0 amide bonds. The SMILES string of the molecule is CCCc1ccc(NC2=NCC(C)CS2)cc1. The Morgan fingerprint density at radius 2 is 2.12 bits per heavy atom. The third-order valence-corrected chi connectivity index (χ3v) is 4.04. The van der Waals surface area contributed by atoms with Crippen LogP contribution in [0.25, 0.3) is 0 Å². The molecule has 1 aliphatic rings. The van der Waals surface area contributed by atoms with Crippen molar-refractivity contribution >= 4 is 22.6 Å². The van der Waals surface area contributed by atoms with Crippen LogP contribution in [0, 0.1) is 5.92 Å². The molecule has 2 nitrogen and oxygen atoms in total. The summed E-state index contributed by atoms with van der Waals surface area (Å²) in [5.74, 6) is 1.87. The average molecular weight is 248 g/mol. The summed E-state index contributed by atoms with van der Waals surface area (Å²) in [6.07, 6.45) is 2.36. The van der Waals surface area contributed by atoms with Crippen LogP contribution in [0.5, 0.6) is 0 Å². The summed E-state index contributed by atoms with van der Waals surface area (Å²) >= 11 is 1.82. The van der Waals surface area contributed by atoms with Crippen molar-refractivity contribution in [3.63, 3.8) is 0 Å². The number of aliphatic imine (C=N–C) groups is 1. The summed E-state index contributed by atoms with van der Waals surface area (Å²) in [5.41, 5.74) is 2.55.